The normalized spacial score (nSPS) is 17.9. The monoisotopic (exact) mass is 329 g/mol. The van der Waals surface area contributed by atoms with Gasteiger partial charge in [-0.25, -0.2) is 9.97 Å². The van der Waals surface area contributed by atoms with Crippen LogP contribution >= 0.6 is 0 Å². The summed E-state index contributed by atoms with van der Waals surface area (Å²) in [4.78, 5) is 21.1. The van der Waals surface area contributed by atoms with Crippen LogP contribution in [-0.4, -0.2) is 32.3 Å². The van der Waals surface area contributed by atoms with Crippen molar-refractivity contribution >= 4 is 5.91 Å². The maximum Gasteiger partial charge on any atom is 0.269 e. The molecule has 1 amide bonds. The van der Waals surface area contributed by atoms with E-state index in [0.717, 1.165) is 37.3 Å². The van der Waals surface area contributed by atoms with Crippen molar-refractivity contribution in [3.05, 3.63) is 41.7 Å². The van der Waals surface area contributed by atoms with Crippen LogP contribution in [0.5, 0.6) is 0 Å². The maximum absolute atomic E-state index is 12.3. The van der Waals surface area contributed by atoms with E-state index < -0.39 is 0 Å². The summed E-state index contributed by atoms with van der Waals surface area (Å²) in [5.41, 5.74) is 1.41. The van der Waals surface area contributed by atoms with E-state index in [1.807, 2.05) is 13.8 Å². The van der Waals surface area contributed by atoms with E-state index in [1.54, 1.807) is 29.3 Å². The molecule has 128 valence electrons. The van der Waals surface area contributed by atoms with Crippen LogP contribution in [-0.2, 0) is 11.3 Å². The molecule has 1 N–H and O–H groups in total. The van der Waals surface area contributed by atoms with Gasteiger partial charge in [-0.1, -0.05) is 0 Å². The number of nitrogens with one attached hydrogen (secondary N) is 1. The molecule has 7 heteroatoms. The number of hydrogen-bond donors (Lipinski definition) is 1. The van der Waals surface area contributed by atoms with Crippen molar-refractivity contribution in [1.82, 2.24) is 25.1 Å². The third kappa shape index (κ3) is 3.79. The zero-order valence-corrected chi connectivity index (χ0v) is 14.1. The van der Waals surface area contributed by atoms with Crippen molar-refractivity contribution < 1.29 is 9.53 Å². The third-order valence-electron chi connectivity index (χ3n) is 4.04. The second-order valence-corrected chi connectivity index (χ2v) is 6.24. The molecule has 0 aliphatic carbocycles. The third-order valence-corrected chi connectivity index (χ3v) is 4.04. The molecule has 0 unspecified atom stereocenters. The number of amides is 1. The summed E-state index contributed by atoms with van der Waals surface area (Å²) < 4.78 is 7.39. The molecule has 0 saturated carbocycles. The molecule has 0 spiro atoms. The number of nitrogens with zero attached hydrogens (tertiary/aromatic N) is 4. The lowest BCUT2D eigenvalue weighted by molar-refractivity contribution is 0.00940. The molecule has 1 aliphatic heterocycles. The lowest BCUT2D eigenvalue weighted by Crippen LogP contribution is -2.26. The van der Waals surface area contributed by atoms with E-state index >= 15 is 0 Å². The van der Waals surface area contributed by atoms with Crippen LogP contribution in [0.2, 0.25) is 0 Å². The van der Waals surface area contributed by atoms with Crippen LogP contribution in [0.3, 0.4) is 0 Å². The number of hydrogen-bond acceptors (Lipinski definition) is 5. The average molecular weight is 329 g/mol. The topological polar surface area (TPSA) is 81.9 Å². The van der Waals surface area contributed by atoms with Crippen LogP contribution in [0.15, 0.2) is 24.7 Å². The van der Waals surface area contributed by atoms with Gasteiger partial charge >= 0.3 is 0 Å². The fraction of sp³-hybridized carbons (Fsp3) is 0.529. The molecule has 24 heavy (non-hydrogen) atoms. The standard InChI is InChI=1S/C17H23N5O2/c1-12(2)22-14(6-7-21-22)17(23)20-11-13-9-18-16(19-10-13)15-5-3-4-8-24-15/h6-7,9-10,12,15H,3-5,8,11H2,1-2H3,(H,20,23)/t15-/m0/s1. The molecule has 0 bridgehead atoms. The molecule has 0 radical (unpaired) electrons. The van der Waals surface area contributed by atoms with Gasteiger partial charge in [-0.15, -0.1) is 0 Å². The minimum Gasteiger partial charge on any atom is -0.370 e. The van der Waals surface area contributed by atoms with E-state index in [-0.39, 0.29) is 18.1 Å². The molecule has 2 aromatic rings. The first-order valence-electron chi connectivity index (χ1n) is 8.39. The second-order valence-electron chi connectivity index (χ2n) is 6.24. The highest BCUT2D eigenvalue weighted by Crippen LogP contribution is 2.24. The summed E-state index contributed by atoms with van der Waals surface area (Å²) in [7, 11) is 0. The van der Waals surface area contributed by atoms with Crippen molar-refractivity contribution in [2.75, 3.05) is 6.61 Å². The van der Waals surface area contributed by atoms with Crippen LogP contribution in [0.4, 0.5) is 0 Å². The minimum absolute atomic E-state index is 0.00258. The Labute approximate surface area is 141 Å². The zero-order chi connectivity index (χ0) is 16.9. The fourth-order valence-corrected chi connectivity index (χ4v) is 2.75. The van der Waals surface area contributed by atoms with Crippen LogP contribution in [0.25, 0.3) is 0 Å². The second kappa shape index (κ2) is 7.53. The van der Waals surface area contributed by atoms with E-state index in [1.165, 1.54) is 0 Å². The molecule has 3 rings (SSSR count). The number of ether oxygens (including phenoxy) is 1. The fourth-order valence-electron chi connectivity index (χ4n) is 2.75. The van der Waals surface area contributed by atoms with Crippen molar-refractivity contribution in [3.8, 4) is 0 Å². The highest BCUT2D eigenvalue weighted by atomic mass is 16.5. The van der Waals surface area contributed by atoms with Gasteiger partial charge in [-0.3, -0.25) is 9.48 Å². The number of carbonyl (C=O) groups is 1. The molecule has 1 atom stereocenters. The average Bonchev–Trinajstić information content (AvgIpc) is 3.11. The van der Waals surface area contributed by atoms with Gasteiger partial charge in [-0.05, 0) is 39.2 Å². The molecular weight excluding hydrogens is 306 g/mol. The Balaban J connectivity index is 1.58. The molecular formula is C17H23N5O2. The Morgan fingerprint density at radius 1 is 1.38 bits per heavy atom. The quantitative estimate of drug-likeness (QED) is 0.911. The van der Waals surface area contributed by atoms with Gasteiger partial charge in [0.05, 0.1) is 0 Å². The summed E-state index contributed by atoms with van der Waals surface area (Å²) in [6, 6.07) is 1.86. The molecule has 1 saturated heterocycles. The molecule has 3 heterocycles. The number of rotatable bonds is 5. The lowest BCUT2D eigenvalue weighted by Gasteiger charge is -2.21. The van der Waals surface area contributed by atoms with Gasteiger partial charge in [-0.2, -0.15) is 5.10 Å². The molecule has 0 aromatic carbocycles. The SMILES string of the molecule is CC(C)n1nccc1C(=O)NCc1cnc([C@@H]2CCCCO2)nc1. The summed E-state index contributed by atoms with van der Waals surface area (Å²) in [6.07, 6.45) is 8.36. The highest BCUT2D eigenvalue weighted by molar-refractivity contribution is 5.92. The highest BCUT2D eigenvalue weighted by Gasteiger charge is 2.18. The Morgan fingerprint density at radius 2 is 2.17 bits per heavy atom. The first kappa shape index (κ1) is 16.6. The predicted molar refractivity (Wildman–Crippen MR) is 88.4 cm³/mol. The van der Waals surface area contributed by atoms with Gasteiger partial charge in [0.15, 0.2) is 5.82 Å². The summed E-state index contributed by atoms with van der Waals surface area (Å²) in [5.74, 6) is 0.573. The van der Waals surface area contributed by atoms with E-state index in [9.17, 15) is 4.79 Å². The summed E-state index contributed by atoms with van der Waals surface area (Å²) >= 11 is 0. The Kier molecular flexibility index (Phi) is 5.20. The maximum atomic E-state index is 12.3. The van der Waals surface area contributed by atoms with Crippen LogP contribution in [0.1, 0.15) is 67.1 Å². The lowest BCUT2D eigenvalue weighted by atomic mass is 10.1. The molecule has 2 aromatic heterocycles. The first-order chi connectivity index (χ1) is 11.6. The van der Waals surface area contributed by atoms with Gasteiger partial charge in [0.2, 0.25) is 0 Å². The van der Waals surface area contributed by atoms with Gasteiger partial charge in [0.1, 0.15) is 11.8 Å². The Bertz CT molecular complexity index is 675. The van der Waals surface area contributed by atoms with Gasteiger partial charge in [0.25, 0.3) is 5.91 Å². The molecule has 1 aliphatic rings. The van der Waals surface area contributed by atoms with Crippen LogP contribution in [0, 0.1) is 0 Å². The summed E-state index contributed by atoms with van der Waals surface area (Å²) in [5, 5.41) is 7.06. The predicted octanol–water partition coefficient (Wildman–Crippen LogP) is 2.43. The Hall–Kier alpha value is -2.28. The van der Waals surface area contributed by atoms with E-state index in [4.69, 9.17) is 4.74 Å². The van der Waals surface area contributed by atoms with Crippen LogP contribution < -0.4 is 5.32 Å². The number of aromatic nitrogens is 4. The minimum atomic E-state index is -0.152. The van der Waals surface area contributed by atoms with E-state index in [2.05, 4.69) is 20.4 Å². The van der Waals surface area contributed by atoms with Crippen molar-refractivity contribution in [3.63, 3.8) is 0 Å². The van der Waals surface area contributed by atoms with Crippen molar-refractivity contribution in [2.45, 2.75) is 51.8 Å². The number of carbonyl (C=O) groups excluding carboxylic acids is 1. The molecule has 1 fully saturated rings. The van der Waals surface area contributed by atoms with Gasteiger partial charge in [0, 0.05) is 43.3 Å². The molecule has 7 nitrogen and oxygen atoms in total. The van der Waals surface area contributed by atoms with Crippen molar-refractivity contribution in [2.24, 2.45) is 0 Å². The largest absolute Gasteiger partial charge is 0.370 e. The summed E-state index contributed by atoms with van der Waals surface area (Å²) in [6.45, 7) is 5.14. The Morgan fingerprint density at radius 3 is 2.83 bits per heavy atom. The smallest absolute Gasteiger partial charge is 0.269 e. The van der Waals surface area contributed by atoms with E-state index in [0.29, 0.717) is 12.2 Å². The van der Waals surface area contributed by atoms with Crippen molar-refractivity contribution in [1.29, 1.82) is 0 Å². The van der Waals surface area contributed by atoms with Gasteiger partial charge < -0.3 is 10.1 Å². The first-order valence-corrected chi connectivity index (χ1v) is 8.39. The zero-order valence-electron chi connectivity index (χ0n) is 14.1.